The zero-order chi connectivity index (χ0) is 19.0. The summed E-state index contributed by atoms with van der Waals surface area (Å²) in [5.74, 6) is 0.889. The minimum atomic E-state index is 0. The predicted octanol–water partition coefficient (Wildman–Crippen LogP) is 3.62. The number of rotatable bonds is 7. The number of ether oxygens (including phenoxy) is 1. The molecule has 1 heterocycles. The van der Waals surface area contributed by atoms with Crippen LogP contribution in [0.2, 0.25) is 0 Å². The van der Waals surface area contributed by atoms with Crippen LogP contribution in [0.5, 0.6) is 0 Å². The van der Waals surface area contributed by atoms with Gasteiger partial charge in [0.15, 0.2) is 5.96 Å². The zero-order valence-electron chi connectivity index (χ0n) is 16.9. The minimum absolute atomic E-state index is 0. The van der Waals surface area contributed by atoms with Gasteiger partial charge >= 0.3 is 0 Å². The first-order valence-corrected chi connectivity index (χ1v) is 10.2. The fourth-order valence-electron chi connectivity index (χ4n) is 3.32. The molecule has 0 unspecified atom stereocenters. The van der Waals surface area contributed by atoms with Gasteiger partial charge in [0.2, 0.25) is 0 Å². The Morgan fingerprint density at radius 3 is 2.56 bits per heavy atom. The Hall–Kier alpha value is -0.380. The largest absolute Gasteiger partial charge is 0.383 e. The Kier molecular flexibility index (Phi) is 11.2. The molecule has 1 saturated heterocycles. The number of aliphatic imine (C=N–C) groups is 1. The Morgan fingerprint density at radius 1 is 1.30 bits per heavy atom. The van der Waals surface area contributed by atoms with Gasteiger partial charge < -0.3 is 20.3 Å². The molecule has 0 atom stereocenters. The van der Waals surface area contributed by atoms with Crippen LogP contribution >= 0.6 is 39.9 Å². The number of methoxy groups -OCH3 is 1. The van der Waals surface area contributed by atoms with Crippen molar-refractivity contribution in [2.24, 2.45) is 4.99 Å². The van der Waals surface area contributed by atoms with Crippen LogP contribution in [0.15, 0.2) is 33.7 Å². The summed E-state index contributed by atoms with van der Waals surface area (Å²) in [5, 5.41) is 7.10. The van der Waals surface area contributed by atoms with Gasteiger partial charge in [-0.1, -0.05) is 48.0 Å². The van der Waals surface area contributed by atoms with E-state index in [1.54, 1.807) is 7.11 Å². The number of hydrogen-bond donors (Lipinski definition) is 2. The molecule has 0 amide bonds. The Labute approximate surface area is 189 Å². The van der Waals surface area contributed by atoms with Crippen molar-refractivity contribution >= 4 is 45.9 Å². The van der Waals surface area contributed by atoms with Crippen molar-refractivity contribution in [3.63, 3.8) is 0 Å². The highest BCUT2D eigenvalue weighted by Crippen LogP contribution is 2.29. The molecule has 0 aromatic heterocycles. The van der Waals surface area contributed by atoms with Crippen LogP contribution in [0, 0.1) is 0 Å². The normalized spacial score (nSPS) is 16.7. The highest BCUT2D eigenvalue weighted by Gasteiger charge is 2.24. The molecule has 0 spiro atoms. The van der Waals surface area contributed by atoms with Gasteiger partial charge in [-0.05, 0) is 24.5 Å². The van der Waals surface area contributed by atoms with Crippen LogP contribution in [0.4, 0.5) is 0 Å². The smallest absolute Gasteiger partial charge is 0.191 e. The van der Waals surface area contributed by atoms with Crippen molar-refractivity contribution in [2.75, 3.05) is 46.9 Å². The van der Waals surface area contributed by atoms with Crippen LogP contribution in [-0.2, 0) is 10.2 Å². The van der Waals surface area contributed by atoms with Gasteiger partial charge in [-0.25, -0.2) is 0 Å². The van der Waals surface area contributed by atoms with E-state index >= 15 is 0 Å². The van der Waals surface area contributed by atoms with Gasteiger partial charge in [-0.3, -0.25) is 4.99 Å². The lowest BCUT2D eigenvalue weighted by Gasteiger charge is -2.33. The van der Waals surface area contributed by atoms with Gasteiger partial charge in [0.1, 0.15) is 0 Å². The van der Waals surface area contributed by atoms with Crippen LogP contribution in [-0.4, -0.2) is 63.8 Å². The first-order valence-electron chi connectivity index (χ1n) is 9.40. The van der Waals surface area contributed by atoms with E-state index in [0.29, 0.717) is 6.04 Å². The molecule has 5 nitrogen and oxygen atoms in total. The van der Waals surface area contributed by atoms with E-state index in [1.165, 1.54) is 5.56 Å². The number of hydrogen-bond acceptors (Lipinski definition) is 3. The van der Waals surface area contributed by atoms with Gasteiger partial charge in [-0.15, -0.1) is 24.0 Å². The molecular formula is C20H34BrIN4O. The molecule has 1 aliphatic heterocycles. The molecule has 1 fully saturated rings. The standard InChI is InChI=1S/C20H33BrN4O.HI/c1-20(2,17-7-5-6-8-18(17)21)15-23-19(22-3)24-16-9-11-25(12-10-16)13-14-26-4;/h5-8,16H,9-15H2,1-4H3,(H2,22,23,24);1H. The maximum atomic E-state index is 5.17. The second-order valence-corrected chi connectivity index (χ2v) is 8.40. The average molecular weight is 553 g/mol. The van der Waals surface area contributed by atoms with E-state index < -0.39 is 0 Å². The number of benzene rings is 1. The molecule has 1 aromatic carbocycles. The fraction of sp³-hybridized carbons (Fsp3) is 0.650. The predicted molar refractivity (Wildman–Crippen MR) is 128 cm³/mol. The fourth-order valence-corrected chi connectivity index (χ4v) is 4.14. The van der Waals surface area contributed by atoms with Gasteiger partial charge in [0, 0.05) is 56.3 Å². The zero-order valence-corrected chi connectivity index (χ0v) is 20.8. The lowest BCUT2D eigenvalue weighted by Crippen LogP contribution is -2.50. The summed E-state index contributed by atoms with van der Waals surface area (Å²) >= 11 is 3.67. The van der Waals surface area contributed by atoms with Gasteiger partial charge in [-0.2, -0.15) is 0 Å². The van der Waals surface area contributed by atoms with Gasteiger partial charge in [0.05, 0.1) is 6.61 Å². The Balaban J connectivity index is 0.00000364. The summed E-state index contributed by atoms with van der Waals surface area (Å²) in [6, 6.07) is 8.90. The van der Waals surface area contributed by atoms with Crippen LogP contribution in [0.3, 0.4) is 0 Å². The molecule has 1 aromatic rings. The maximum absolute atomic E-state index is 5.17. The number of piperidine rings is 1. The number of nitrogens with zero attached hydrogens (tertiary/aromatic N) is 2. The van der Waals surface area contributed by atoms with Crippen molar-refractivity contribution in [3.05, 3.63) is 34.3 Å². The Morgan fingerprint density at radius 2 is 1.96 bits per heavy atom. The lowest BCUT2D eigenvalue weighted by molar-refractivity contribution is 0.128. The van der Waals surface area contributed by atoms with Crippen molar-refractivity contribution in [3.8, 4) is 0 Å². The molecule has 2 N–H and O–H groups in total. The van der Waals surface area contributed by atoms with Crippen LogP contribution in [0.25, 0.3) is 0 Å². The second kappa shape index (κ2) is 12.2. The minimum Gasteiger partial charge on any atom is -0.383 e. The highest BCUT2D eigenvalue weighted by molar-refractivity contribution is 14.0. The number of guanidine groups is 1. The third kappa shape index (κ3) is 7.87. The number of nitrogens with one attached hydrogen (secondary N) is 2. The third-order valence-corrected chi connectivity index (χ3v) is 5.76. The van der Waals surface area contributed by atoms with E-state index in [9.17, 15) is 0 Å². The molecule has 27 heavy (non-hydrogen) atoms. The highest BCUT2D eigenvalue weighted by atomic mass is 127. The topological polar surface area (TPSA) is 48.9 Å². The first-order chi connectivity index (χ1) is 12.5. The molecule has 0 bridgehead atoms. The molecular weight excluding hydrogens is 519 g/mol. The van der Waals surface area contributed by atoms with E-state index in [4.69, 9.17) is 4.74 Å². The monoisotopic (exact) mass is 552 g/mol. The average Bonchev–Trinajstić information content (AvgIpc) is 2.64. The van der Waals surface area contributed by atoms with Crippen molar-refractivity contribution in [1.82, 2.24) is 15.5 Å². The molecule has 7 heteroatoms. The summed E-state index contributed by atoms with van der Waals surface area (Å²) < 4.78 is 6.32. The number of halogens is 2. The summed E-state index contributed by atoms with van der Waals surface area (Å²) in [6.07, 6.45) is 2.27. The second-order valence-electron chi connectivity index (χ2n) is 7.54. The SMILES string of the molecule is CN=C(NCC(C)(C)c1ccccc1Br)NC1CCN(CCOC)CC1.I. The molecule has 0 radical (unpaired) electrons. The molecule has 0 saturated carbocycles. The van der Waals surface area contributed by atoms with E-state index in [1.807, 2.05) is 7.05 Å². The Bertz CT molecular complexity index is 589. The van der Waals surface area contributed by atoms with Crippen molar-refractivity contribution < 1.29 is 4.74 Å². The maximum Gasteiger partial charge on any atom is 0.191 e. The third-order valence-electron chi connectivity index (χ3n) is 5.06. The molecule has 1 aliphatic rings. The lowest BCUT2D eigenvalue weighted by atomic mass is 9.84. The van der Waals surface area contributed by atoms with Crippen molar-refractivity contribution in [1.29, 1.82) is 0 Å². The first kappa shape index (κ1) is 24.7. The summed E-state index contributed by atoms with van der Waals surface area (Å²) in [5.41, 5.74) is 1.30. The molecule has 2 rings (SSSR count). The quantitative estimate of drug-likeness (QED) is 0.308. The molecule has 154 valence electrons. The summed E-state index contributed by atoms with van der Waals surface area (Å²) in [4.78, 5) is 6.89. The van der Waals surface area contributed by atoms with Crippen LogP contribution < -0.4 is 10.6 Å². The van der Waals surface area contributed by atoms with E-state index in [0.717, 1.165) is 56.1 Å². The van der Waals surface area contributed by atoms with Crippen LogP contribution in [0.1, 0.15) is 32.3 Å². The van der Waals surface area contributed by atoms with Gasteiger partial charge in [0.25, 0.3) is 0 Å². The summed E-state index contributed by atoms with van der Waals surface area (Å²) in [6.45, 7) is 9.38. The van der Waals surface area contributed by atoms with Crippen molar-refractivity contribution in [2.45, 2.75) is 38.1 Å². The number of likely N-dealkylation sites (tertiary alicyclic amines) is 1. The van der Waals surface area contributed by atoms with E-state index in [-0.39, 0.29) is 29.4 Å². The van der Waals surface area contributed by atoms with E-state index in [2.05, 4.69) is 74.6 Å². The molecule has 0 aliphatic carbocycles. The summed E-state index contributed by atoms with van der Waals surface area (Å²) in [7, 11) is 3.61.